The number of amides is 1. The molecule has 3 aromatic carbocycles. The van der Waals surface area contributed by atoms with Gasteiger partial charge in [0.15, 0.2) is 6.61 Å². The van der Waals surface area contributed by atoms with E-state index in [-0.39, 0.29) is 5.92 Å². The molecule has 0 fully saturated rings. The third-order valence-corrected chi connectivity index (χ3v) is 5.73. The van der Waals surface area contributed by atoms with E-state index < -0.39 is 18.5 Å². The molecular formula is C25H23ClN2O4. The lowest BCUT2D eigenvalue weighted by Gasteiger charge is -2.13. The van der Waals surface area contributed by atoms with Crippen LogP contribution in [0.2, 0.25) is 5.02 Å². The molecule has 1 amide bonds. The second kappa shape index (κ2) is 8.55. The van der Waals surface area contributed by atoms with E-state index in [0.29, 0.717) is 33.7 Å². The minimum atomic E-state index is -1.08. The topological polar surface area (TPSA) is 94.6 Å². The highest BCUT2D eigenvalue weighted by atomic mass is 35.5. The molecule has 4 aromatic rings. The van der Waals surface area contributed by atoms with Crippen LogP contribution in [-0.4, -0.2) is 28.2 Å². The SMILES string of the molecule is CC(C)c1cc(OCC(=O)O)c2c3c(C(N)=O)cccc3n(Cc3cccc(Cl)c3)c2c1. The van der Waals surface area contributed by atoms with Crippen molar-refractivity contribution in [2.75, 3.05) is 6.61 Å². The quantitative estimate of drug-likeness (QED) is 0.405. The first-order valence-corrected chi connectivity index (χ1v) is 10.6. The van der Waals surface area contributed by atoms with Gasteiger partial charge >= 0.3 is 5.97 Å². The van der Waals surface area contributed by atoms with Gasteiger partial charge < -0.3 is 20.1 Å². The Morgan fingerprint density at radius 2 is 1.81 bits per heavy atom. The summed E-state index contributed by atoms with van der Waals surface area (Å²) in [7, 11) is 0. The number of nitrogens with zero attached hydrogens (tertiary/aromatic N) is 1. The molecule has 0 unspecified atom stereocenters. The van der Waals surface area contributed by atoms with Gasteiger partial charge in [-0.05, 0) is 53.4 Å². The molecule has 0 saturated heterocycles. The van der Waals surface area contributed by atoms with Crippen LogP contribution in [-0.2, 0) is 11.3 Å². The number of fused-ring (bicyclic) bond motifs is 3. The lowest BCUT2D eigenvalue weighted by atomic mass is 9.99. The van der Waals surface area contributed by atoms with E-state index >= 15 is 0 Å². The number of nitrogens with two attached hydrogens (primary N) is 1. The first-order chi connectivity index (χ1) is 15.3. The molecule has 32 heavy (non-hydrogen) atoms. The number of carboxylic acid groups (broad SMARTS) is 1. The summed E-state index contributed by atoms with van der Waals surface area (Å²) in [6.07, 6.45) is 0. The van der Waals surface area contributed by atoms with E-state index in [1.54, 1.807) is 12.1 Å². The average Bonchev–Trinajstić information content (AvgIpc) is 3.05. The number of aliphatic carboxylic acids is 1. The molecule has 0 aliphatic carbocycles. The summed E-state index contributed by atoms with van der Waals surface area (Å²) in [5.74, 6) is -1.04. The number of carbonyl (C=O) groups excluding carboxylic acids is 1. The maximum absolute atomic E-state index is 12.3. The molecular weight excluding hydrogens is 428 g/mol. The van der Waals surface area contributed by atoms with Gasteiger partial charge in [-0.25, -0.2) is 4.79 Å². The van der Waals surface area contributed by atoms with Gasteiger partial charge in [0.05, 0.1) is 16.4 Å². The van der Waals surface area contributed by atoms with Gasteiger partial charge in [-0.1, -0.05) is 43.6 Å². The largest absolute Gasteiger partial charge is 0.481 e. The zero-order valence-corrected chi connectivity index (χ0v) is 18.5. The van der Waals surface area contributed by atoms with Gasteiger partial charge in [-0.3, -0.25) is 4.79 Å². The number of ether oxygens (including phenoxy) is 1. The monoisotopic (exact) mass is 450 g/mol. The van der Waals surface area contributed by atoms with Crippen molar-refractivity contribution in [1.29, 1.82) is 0 Å². The molecule has 1 heterocycles. The second-order valence-electron chi connectivity index (χ2n) is 8.03. The maximum Gasteiger partial charge on any atom is 0.341 e. The van der Waals surface area contributed by atoms with Crippen molar-refractivity contribution < 1.29 is 19.4 Å². The van der Waals surface area contributed by atoms with E-state index in [1.807, 2.05) is 36.4 Å². The Hall–Kier alpha value is -3.51. The van der Waals surface area contributed by atoms with Crippen molar-refractivity contribution in [1.82, 2.24) is 4.57 Å². The first-order valence-electron chi connectivity index (χ1n) is 10.2. The Balaban J connectivity index is 2.09. The first kappa shape index (κ1) is 21.7. The summed E-state index contributed by atoms with van der Waals surface area (Å²) in [5, 5.41) is 11.1. The summed E-state index contributed by atoms with van der Waals surface area (Å²) >= 11 is 6.21. The van der Waals surface area contributed by atoms with Crippen LogP contribution >= 0.6 is 11.6 Å². The Morgan fingerprint density at radius 3 is 2.47 bits per heavy atom. The van der Waals surface area contributed by atoms with Crippen molar-refractivity contribution in [2.24, 2.45) is 5.73 Å². The van der Waals surface area contributed by atoms with Crippen LogP contribution in [0.4, 0.5) is 0 Å². The van der Waals surface area contributed by atoms with E-state index in [1.165, 1.54) is 0 Å². The number of hydrogen-bond acceptors (Lipinski definition) is 3. The Morgan fingerprint density at radius 1 is 1.06 bits per heavy atom. The highest BCUT2D eigenvalue weighted by molar-refractivity contribution is 6.30. The second-order valence-corrected chi connectivity index (χ2v) is 8.47. The van der Waals surface area contributed by atoms with E-state index in [9.17, 15) is 14.7 Å². The number of hydrogen-bond donors (Lipinski definition) is 2. The number of benzene rings is 3. The van der Waals surface area contributed by atoms with Crippen LogP contribution in [0.15, 0.2) is 54.6 Å². The standard InChI is InChI=1S/C25H23ClN2O4/c1-14(2)16-10-20-24(21(11-16)32-13-22(29)30)23-18(25(27)31)7-4-8-19(23)28(20)12-15-5-3-6-17(26)9-15/h3-11,14H,12-13H2,1-2H3,(H2,27,31)(H,29,30). The molecule has 6 nitrogen and oxygen atoms in total. The predicted octanol–water partition coefficient (Wildman–Crippen LogP) is 5.18. The maximum atomic E-state index is 12.3. The molecule has 0 bridgehead atoms. The number of primary amides is 1. The van der Waals surface area contributed by atoms with Crippen LogP contribution in [0.3, 0.4) is 0 Å². The molecule has 0 spiro atoms. The molecule has 164 valence electrons. The molecule has 7 heteroatoms. The Labute approximate surface area is 190 Å². The molecule has 0 radical (unpaired) electrons. The summed E-state index contributed by atoms with van der Waals surface area (Å²) in [4.78, 5) is 23.5. The van der Waals surface area contributed by atoms with Gasteiger partial charge in [-0.2, -0.15) is 0 Å². The number of carbonyl (C=O) groups is 2. The van der Waals surface area contributed by atoms with Gasteiger partial charge in [-0.15, -0.1) is 0 Å². The van der Waals surface area contributed by atoms with Crippen molar-refractivity contribution >= 4 is 45.3 Å². The molecule has 1 aromatic heterocycles. The van der Waals surface area contributed by atoms with Crippen LogP contribution in [0.5, 0.6) is 5.75 Å². The van der Waals surface area contributed by atoms with Crippen LogP contribution in [0.25, 0.3) is 21.8 Å². The molecule has 0 atom stereocenters. The van der Waals surface area contributed by atoms with E-state index in [2.05, 4.69) is 24.5 Å². The predicted molar refractivity (Wildman–Crippen MR) is 126 cm³/mol. The lowest BCUT2D eigenvalue weighted by Crippen LogP contribution is -2.12. The third-order valence-electron chi connectivity index (χ3n) is 5.49. The molecule has 0 aliphatic heterocycles. The van der Waals surface area contributed by atoms with Gasteiger partial charge in [0.1, 0.15) is 5.75 Å². The summed E-state index contributed by atoms with van der Waals surface area (Å²) in [6.45, 7) is 4.13. The van der Waals surface area contributed by atoms with Gasteiger partial charge in [0.2, 0.25) is 5.91 Å². The minimum absolute atomic E-state index is 0.180. The van der Waals surface area contributed by atoms with E-state index in [0.717, 1.165) is 22.2 Å². The van der Waals surface area contributed by atoms with E-state index in [4.69, 9.17) is 22.1 Å². The molecule has 4 rings (SSSR count). The molecule has 0 aliphatic rings. The number of rotatable bonds is 7. The van der Waals surface area contributed by atoms with Gasteiger partial charge in [0.25, 0.3) is 0 Å². The summed E-state index contributed by atoms with van der Waals surface area (Å²) < 4.78 is 7.80. The molecule has 3 N–H and O–H groups in total. The highest BCUT2D eigenvalue weighted by Gasteiger charge is 2.22. The van der Waals surface area contributed by atoms with Crippen molar-refractivity contribution in [3.63, 3.8) is 0 Å². The third kappa shape index (κ3) is 4.01. The van der Waals surface area contributed by atoms with Crippen molar-refractivity contribution in [2.45, 2.75) is 26.3 Å². The van der Waals surface area contributed by atoms with Crippen LogP contribution in [0.1, 0.15) is 41.3 Å². The smallest absolute Gasteiger partial charge is 0.341 e. The fourth-order valence-corrected chi connectivity index (χ4v) is 4.24. The Bertz CT molecular complexity index is 1360. The van der Waals surface area contributed by atoms with Crippen LogP contribution < -0.4 is 10.5 Å². The zero-order chi connectivity index (χ0) is 23.0. The van der Waals surface area contributed by atoms with Crippen molar-refractivity contribution in [3.05, 3.63) is 76.3 Å². The zero-order valence-electron chi connectivity index (χ0n) is 17.8. The number of carboxylic acids is 1. The highest BCUT2D eigenvalue weighted by Crippen LogP contribution is 2.40. The summed E-state index contributed by atoms with van der Waals surface area (Å²) in [5.41, 5.74) is 9.68. The fourth-order valence-electron chi connectivity index (χ4n) is 4.02. The number of aromatic nitrogens is 1. The lowest BCUT2D eigenvalue weighted by molar-refractivity contribution is -0.139. The number of halogens is 1. The Kier molecular flexibility index (Phi) is 5.80. The van der Waals surface area contributed by atoms with Gasteiger partial charge in [0, 0.05) is 22.5 Å². The van der Waals surface area contributed by atoms with Crippen LogP contribution in [0, 0.1) is 0 Å². The normalized spacial score (nSPS) is 11.4. The minimum Gasteiger partial charge on any atom is -0.481 e. The van der Waals surface area contributed by atoms with Crippen molar-refractivity contribution in [3.8, 4) is 5.75 Å². The fraction of sp³-hybridized carbons (Fsp3) is 0.200. The average molecular weight is 451 g/mol. The molecule has 0 saturated carbocycles. The summed E-state index contributed by atoms with van der Waals surface area (Å²) in [6, 6.07) is 16.9.